The molecule has 0 radical (unpaired) electrons. The summed E-state index contributed by atoms with van der Waals surface area (Å²) in [4.78, 5) is 14.3. The predicted molar refractivity (Wildman–Crippen MR) is 79.7 cm³/mol. The molecule has 2 N–H and O–H groups in total. The molecule has 1 aromatic rings. The minimum absolute atomic E-state index is 0.0577. The molecule has 4 heteroatoms. The quantitative estimate of drug-likeness (QED) is 0.877. The monoisotopic (exact) mass is 261 g/mol. The number of rotatable bonds is 3. The van der Waals surface area contributed by atoms with Gasteiger partial charge in [-0.25, -0.2) is 0 Å². The summed E-state index contributed by atoms with van der Waals surface area (Å²) in [7, 11) is 3.96. The second-order valence-electron chi connectivity index (χ2n) is 5.26. The topological polar surface area (TPSA) is 44.4 Å². The summed E-state index contributed by atoms with van der Waals surface area (Å²) in [5.41, 5.74) is 1.91. The van der Waals surface area contributed by atoms with E-state index in [1.165, 1.54) is 6.42 Å². The number of carbonyl (C=O) groups excluding carboxylic acids is 1. The Kier molecular flexibility index (Phi) is 4.80. The van der Waals surface area contributed by atoms with Crippen molar-refractivity contribution in [2.45, 2.75) is 31.7 Å². The van der Waals surface area contributed by atoms with Crippen LogP contribution in [0.15, 0.2) is 24.3 Å². The van der Waals surface area contributed by atoms with E-state index in [0.717, 1.165) is 37.2 Å². The van der Waals surface area contributed by atoms with Gasteiger partial charge in [-0.05, 0) is 31.5 Å². The molecule has 1 aliphatic heterocycles. The third-order valence-corrected chi connectivity index (χ3v) is 3.52. The fourth-order valence-corrected chi connectivity index (χ4v) is 2.44. The van der Waals surface area contributed by atoms with E-state index in [1.807, 2.05) is 43.3 Å². The Morgan fingerprint density at radius 3 is 2.84 bits per heavy atom. The maximum Gasteiger partial charge on any atom is 0.241 e. The Balaban J connectivity index is 2.05. The Morgan fingerprint density at radius 2 is 2.05 bits per heavy atom. The molecule has 1 aliphatic rings. The summed E-state index contributed by atoms with van der Waals surface area (Å²) in [6.45, 7) is 0.938. The normalized spacial score (nSPS) is 19.6. The molecule has 1 atom stereocenters. The highest BCUT2D eigenvalue weighted by Gasteiger charge is 2.20. The first-order valence-corrected chi connectivity index (χ1v) is 6.99. The second-order valence-corrected chi connectivity index (χ2v) is 5.26. The van der Waals surface area contributed by atoms with Gasteiger partial charge in [-0.15, -0.1) is 0 Å². The van der Waals surface area contributed by atoms with Gasteiger partial charge in [-0.2, -0.15) is 0 Å². The van der Waals surface area contributed by atoms with Crippen LogP contribution in [0.2, 0.25) is 0 Å². The van der Waals surface area contributed by atoms with Crippen molar-refractivity contribution in [3.05, 3.63) is 24.3 Å². The molecule has 0 aliphatic carbocycles. The molecule has 1 amide bonds. The molecule has 1 heterocycles. The lowest BCUT2D eigenvalue weighted by molar-refractivity contribution is -0.118. The van der Waals surface area contributed by atoms with Crippen LogP contribution in [0.3, 0.4) is 0 Å². The lowest BCUT2D eigenvalue weighted by Gasteiger charge is -2.20. The largest absolute Gasteiger partial charge is 0.376 e. The number of hydrogen-bond donors (Lipinski definition) is 2. The summed E-state index contributed by atoms with van der Waals surface area (Å²) in [5.74, 6) is 0.0798. The molecule has 0 spiro atoms. The SMILES string of the molecule is CN(C)c1ccccc1NC(=O)C1CCCCCN1. The van der Waals surface area contributed by atoms with E-state index in [1.54, 1.807) is 0 Å². The first kappa shape index (κ1) is 13.9. The lowest BCUT2D eigenvalue weighted by Crippen LogP contribution is -2.40. The number of amides is 1. The molecule has 1 fully saturated rings. The molecule has 4 nitrogen and oxygen atoms in total. The number of anilines is 2. The van der Waals surface area contributed by atoms with Crippen molar-refractivity contribution in [2.75, 3.05) is 30.9 Å². The minimum Gasteiger partial charge on any atom is -0.376 e. The van der Waals surface area contributed by atoms with Gasteiger partial charge in [0.1, 0.15) is 0 Å². The van der Waals surface area contributed by atoms with Gasteiger partial charge in [0, 0.05) is 14.1 Å². The van der Waals surface area contributed by atoms with Gasteiger partial charge >= 0.3 is 0 Å². The average molecular weight is 261 g/mol. The van der Waals surface area contributed by atoms with Crippen LogP contribution in [-0.2, 0) is 4.79 Å². The van der Waals surface area contributed by atoms with Crippen molar-refractivity contribution in [1.82, 2.24) is 5.32 Å². The average Bonchev–Trinajstić information content (AvgIpc) is 2.68. The van der Waals surface area contributed by atoms with Crippen molar-refractivity contribution in [3.63, 3.8) is 0 Å². The van der Waals surface area contributed by atoms with Gasteiger partial charge in [0.25, 0.3) is 0 Å². The first-order chi connectivity index (χ1) is 9.18. The van der Waals surface area contributed by atoms with E-state index in [2.05, 4.69) is 10.6 Å². The molecule has 0 bridgehead atoms. The zero-order valence-electron chi connectivity index (χ0n) is 11.8. The van der Waals surface area contributed by atoms with Crippen molar-refractivity contribution in [1.29, 1.82) is 0 Å². The molecule has 0 aromatic heterocycles. The third kappa shape index (κ3) is 3.70. The van der Waals surface area contributed by atoms with Crippen molar-refractivity contribution < 1.29 is 4.79 Å². The zero-order chi connectivity index (χ0) is 13.7. The predicted octanol–water partition coefficient (Wildman–Crippen LogP) is 2.22. The fraction of sp³-hybridized carbons (Fsp3) is 0.533. The highest BCUT2D eigenvalue weighted by Crippen LogP contribution is 2.24. The summed E-state index contributed by atoms with van der Waals surface area (Å²) < 4.78 is 0. The van der Waals surface area contributed by atoms with Crippen molar-refractivity contribution >= 4 is 17.3 Å². The van der Waals surface area contributed by atoms with Gasteiger partial charge < -0.3 is 15.5 Å². The van der Waals surface area contributed by atoms with Gasteiger partial charge in [0.2, 0.25) is 5.91 Å². The molecule has 104 valence electrons. The van der Waals surface area contributed by atoms with Crippen LogP contribution in [0, 0.1) is 0 Å². The van der Waals surface area contributed by atoms with E-state index < -0.39 is 0 Å². The Labute approximate surface area is 115 Å². The number of carbonyl (C=O) groups is 1. The van der Waals surface area contributed by atoms with Gasteiger partial charge in [0.05, 0.1) is 17.4 Å². The van der Waals surface area contributed by atoms with Crippen LogP contribution >= 0.6 is 0 Å². The van der Waals surface area contributed by atoms with Crippen LogP contribution in [-0.4, -0.2) is 32.6 Å². The smallest absolute Gasteiger partial charge is 0.241 e. The molecule has 0 saturated carbocycles. The number of benzene rings is 1. The van der Waals surface area contributed by atoms with Crippen molar-refractivity contribution in [2.24, 2.45) is 0 Å². The van der Waals surface area contributed by atoms with E-state index >= 15 is 0 Å². The fourth-order valence-electron chi connectivity index (χ4n) is 2.44. The highest BCUT2D eigenvalue weighted by molar-refractivity contribution is 5.97. The summed E-state index contributed by atoms with van der Waals surface area (Å²) in [6.07, 6.45) is 4.43. The summed E-state index contributed by atoms with van der Waals surface area (Å²) >= 11 is 0. The first-order valence-electron chi connectivity index (χ1n) is 6.99. The van der Waals surface area contributed by atoms with Crippen molar-refractivity contribution in [3.8, 4) is 0 Å². The van der Waals surface area contributed by atoms with E-state index in [9.17, 15) is 4.79 Å². The van der Waals surface area contributed by atoms with Crippen LogP contribution < -0.4 is 15.5 Å². The van der Waals surface area contributed by atoms with E-state index in [0.29, 0.717) is 0 Å². The Bertz CT molecular complexity index is 423. The standard InChI is InChI=1S/C15H23N3O/c1-18(2)14-10-6-5-8-12(14)17-15(19)13-9-4-3-7-11-16-13/h5-6,8,10,13,16H,3-4,7,9,11H2,1-2H3,(H,17,19). The summed E-state index contributed by atoms with van der Waals surface area (Å²) in [6, 6.07) is 7.83. The Morgan fingerprint density at radius 1 is 1.26 bits per heavy atom. The number of nitrogens with one attached hydrogen (secondary N) is 2. The molecule has 19 heavy (non-hydrogen) atoms. The molecular formula is C15H23N3O. The van der Waals surface area contributed by atoms with E-state index in [-0.39, 0.29) is 11.9 Å². The van der Waals surface area contributed by atoms with Crippen LogP contribution in [0.5, 0.6) is 0 Å². The third-order valence-electron chi connectivity index (χ3n) is 3.52. The summed E-state index contributed by atoms with van der Waals surface area (Å²) in [5, 5.41) is 6.37. The maximum atomic E-state index is 12.3. The van der Waals surface area contributed by atoms with Crippen LogP contribution in [0.4, 0.5) is 11.4 Å². The van der Waals surface area contributed by atoms with Crippen LogP contribution in [0.1, 0.15) is 25.7 Å². The molecule has 2 rings (SSSR count). The number of hydrogen-bond acceptors (Lipinski definition) is 3. The van der Waals surface area contributed by atoms with Crippen LogP contribution in [0.25, 0.3) is 0 Å². The van der Waals surface area contributed by atoms with E-state index in [4.69, 9.17) is 0 Å². The molecule has 1 unspecified atom stereocenters. The highest BCUT2D eigenvalue weighted by atomic mass is 16.2. The van der Waals surface area contributed by atoms with Gasteiger partial charge in [0.15, 0.2) is 0 Å². The lowest BCUT2D eigenvalue weighted by atomic mass is 10.1. The maximum absolute atomic E-state index is 12.3. The van der Waals surface area contributed by atoms with Gasteiger partial charge in [-0.1, -0.05) is 25.0 Å². The zero-order valence-corrected chi connectivity index (χ0v) is 11.8. The molecule has 1 aromatic carbocycles. The number of nitrogens with zero attached hydrogens (tertiary/aromatic N) is 1. The minimum atomic E-state index is -0.0577. The molecular weight excluding hydrogens is 238 g/mol. The molecule has 1 saturated heterocycles. The van der Waals surface area contributed by atoms with Gasteiger partial charge in [-0.3, -0.25) is 4.79 Å². The second kappa shape index (κ2) is 6.57. The Hall–Kier alpha value is -1.55. The number of para-hydroxylation sites is 2.